The summed E-state index contributed by atoms with van der Waals surface area (Å²) in [6.45, 7) is 10.1. The molecule has 2 unspecified atom stereocenters. The molecule has 2 nitrogen and oxygen atoms in total. The maximum atomic E-state index is 13.3. The summed E-state index contributed by atoms with van der Waals surface area (Å²) in [7, 11) is 0. The zero-order valence-electron chi connectivity index (χ0n) is 13.2. The van der Waals surface area contributed by atoms with Gasteiger partial charge in [0.05, 0.1) is 0 Å². The molecule has 0 aromatic heterocycles. The van der Waals surface area contributed by atoms with Crippen LogP contribution in [0.3, 0.4) is 0 Å². The van der Waals surface area contributed by atoms with Crippen LogP contribution in [0.25, 0.3) is 0 Å². The van der Waals surface area contributed by atoms with Crippen LogP contribution in [0.1, 0.15) is 45.2 Å². The Morgan fingerprint density at radius 2 is 2.14 bits per heavy atom. The summed E-state index contributed by atoms with van der Waals surface area (Å²) in [6.07, 6.45) is 2.57. The van der Waals surface area contributed by atoms with Crippen LogP contribution < -0.4 is 5.32 Å². The van der Waals surface area contributed by atoms with Crippen LogP contribution in [0, 0.1) is 11.7 Å². The lowest BCUT2D eigenvalue weighted by Crippen LogP contribution is -2.42. The molecular formula is C17H26BrFN2. The molecule has 1 heterocycles. The van der Waals surface area contributed by atoms with Crippen LogP contribution in [0.15, 0.2) is 22.7 Å². The van der Waals surface area contributed by atoms with E-state index in [1.54, 1.807) is 12.1 Å². The van der Waals surface area contributed by atoms with Gasteiger partial charge in [0.2, 0.25) is 0 Å². The number of piperidine rings is 1. The Morgan fingerprint density at radius 1 is 1.38 bits per heavy atom. The average Bonchev–Trinajstić information content (AvgIpc) is 2.45. The van der Waals surface area contributed by atoms with E-state index in [4.69, 9.17) is 0 Å². The van der Waals surface area contributed by atoms with Gasteiger partial charge in [-0.15, -0.1) is 0 Å². The minimum atomic E-state index is -0.189. The molecule has 1 aromatic rings. The van der Waals surface area contributed by atoms with E-state index in [2.05, 4.69) is 46.9 Å². The minimum absolute atomic E-state index is 0.189. The Bertz CT molecular complexity index is 458. The van der Waals surface area contributed by atoms with Gasteiger partial charge in [0.1, 0.15) is 5.82 Å². The molecule has 2 rings (SSSR count). The fourth-order valence-electron chi connectivity index (χ4n) is 3.21. The van der Waals surface area contributed by atoms with Gasteiger partial charge < -0.3 is 5.32 Å². The summed E-state index contributed by atoms with van der Waals surface area (Å²) in [5.74, 6) is 0.522. The van der Waals surface area contributed by atoms with E-state index < -0.39 is 0 Å². The minimum Gasteiger partial charge on any atom is -0.316 e. The normalized spacial score (nSPS) is 21.0. The van der Waals surface area contributed by atoms with E-state index >= 15 is 0 Å². The molecule has 1 N–H and O–H groups in total. The topological polar surface area (TPSA) is 15.3 Å². The lowest BCUT2D eigenvalue weighted by atomic mass is 9.96. The molecule has 1 saturated heterocycles. The van der Waals surface area contributed by atoms with Gasteiger partial charge in [-0.25, -0.2) is 4.39 Å². The monoisotopic (exact) mass is 356 g/mol. The van der Waals surface area contributed by atoms with Crippen molar-refractivity contribution in [2.75, 3.05) is 19.6 Å². The van der Waals surface area contributed by atoms with Crippen LogP contribution in [-0.4, -0.2) is 30.6 Å². The summed E-state index contributed by atoms with van der Waals surface area (Å²) >= 11 is 3.51. The van der Waals surface area contributed by atoms with Crippen molar-refractivity contribution in [2.45, 2.75) is 45.7 Å². The first-order chi connectivity index (χ1) is 9.99. The quantitative estimate of drug-likeness (QED) is 0.842. The standard InChI is InChI=1S/C17H26BrFN2/c1-12(2)21(11-14-5-4-8-20-10-14)13(3)16-7-6-15(19)9-17(16)18/h6-7,9,12-14,20H,4-5,8,10-11H2,1-3H3. The van der Waals surface area contributed by atoms with Crippen LogP contribution in [-0.2, 0) is 0 Å². The van der Waals surface area contributed by atoms with Crippen molar-refractivity contribution in [2.24, 2.45) is 5.92 Å². The van der Waals surface area contributed by atoms with E-state index in [1.807, 2.05) is 6.07 Å². The van der Waals surface area contributed by atoms with E-state index in [0.29, 0.717) is 12.0 Å². The van der Waals surface area contributed by atoms with Crippen LogP contribution in [0.4, 0.5) is 4.39 Å². The summed E-state index contributed by atoms with van der Waals surface area (Å²) in [4.78, 5) is 2.52. The third-order valence-corrected chi connectivity index (χ3v) is 5.13. The van der Waals surface area contributed by atoms with Gasteiger partial charge in [0, 0.05) is 23.1 Å². The maximum Gasteiger partial charge on any atom is 0.124 e. The third kappa shape index (κ3) is 4.51. The van der Waals surface area contributed by atoms with Gasteiger partial charge in [-0.2, -0.15) is 0 Å². The fraction of sp³-hybridized carbons (Fsp3) is 0.647. The highest BCUT2D eigenvalue weighted by Crippen LogP contribution is 2.30. The lowest BCUT2D eigenvalue weighted by molar-refractivity contribution is 0.126. The van der Waals surface area contributed by atoms with E-state index in [0.717, 1.165) is 29.7 Å². The number of hydrogen-bond donors (Lipinski definition) is 1. The number of benzene rings is 1. The molecule has 1 aliphatic heterocycles. The summed E-state index contributed by atoms with van der Waals surface area (Å²) in [5, 5.41) is 3.49. The molecule has 1 fully saturated rings. The predicted octanol–water partition coefficient (Wildman–Crippen LogP) is 4.36. The second-order valence-corrected chi connectivity index (χ2v) is 7.20. The van der Waals surface area contributed by atoms with Crippen molar-refractivity contribution in [3.8, 4) is 0 Å². The Morgan fingerprint density at radius 3 is 2.71 bits per heavy atom. The second kappa shape index (κ2) is 7.70. The fourth-order valence-corrected chi connectivity index (χ4v) is 3.90. The molecule has 0 radical (unpaired) electrons. The van der Waals surface area contributed by atoms with Crippen LogP contribution in [0.5, 0.6) is 0 Å². The van der Waals surface area contributed by atoms with E-state index in [9.17, 15) is 4.39 Å². The highest BCUT2D eigenvalue weighted by atomic mass is 79.9. The van der Waals surface area contributed by atoms with Gasteiger partial charge in [-0.1, -0.05) is 22.0 Å². The molecule has 4 heteroatoms. The highest BCUT2D eigenvalue weighted by molar-refractivity contribution is 9.10. The van der Waals surface area contributed by atoms with E-state index in [-0.39, 0.29) is 11.9 Å². The SMILES string of the molecule is CC(C)N(CC1CCCNC1)C(C)c1ccc(F)cc1Br. The highest BCUT2D eigenvalue weighted by Gasteiger charge is 2.24. The van der Waals surface area contributed by atoms with Crippen molar-refractivity contribution >= 4 is 15.9 Å². The Kier molecular flexibility index (Phi) is 6.20. The van der Waals surface area contributed by atoms with Crippen LogP contribution in [0.2, 0.25) is 0 Å². The number of nitrogens with one attached hydrogen (secondary N) is 1. The molecule has 21 heavy (non-hydrogen) atoms. The van der Waals surface area contributed by atoms with Crippen molar-refractivity contribution in [3.05, 3.63) is 34.1 Å². The van der Waals surface area contributed by atoms with Crippen molar-refractivity contribution in [3.63, 3.8) is 0 Å². The average molecular weight is 357 g/mol. The summed E-state index contributed by atoms with van der Waals surface area (Å²) in [5.41, 5.74) is 1.16. The molecule has 0 saturated carbocycles. The first kappa shape index (κ1) is 16.9. The maximum absolute atomic E-state index is 13.3. The molecule has 1 aliphatic rings. The predicted molar refractivity (Wildman–Crippen MR) is 90.0 cm³/mol. The summed E-state index contributed by atoms with van der Waals surface area (Å²) in [6, 6.07) is 5.77. The Hall–Kier alpha value is -0.450. The van der Waals surface area contributed by atoms with Gasteiger partial charge in [-0.3, -0.25) is 4.90 Å². The molecule has 0 amide bonds. The molecule has 1 aromatic carbocycles. The molecular weight excluding hydrogens is 331 g/mol. The number of nitrogens with zero attached hydrogens (tertiary/aromatic N) is 1. The zero-order valence-corrected chi connectivity index (χ0v) is 14.8. The van der Waals surface area contributed by atoms with E-state index in [1.165, 1.54) is 12.8 Å². The molecule has 2 atom stereocenters. The second-order valence-electron chi connectivity index (χ2n) is 6.34. The smallest absolute Gasteiger partial charge is 0.124 e. The summed E-state index contributed by atoms with van der Waals surface area (Å²) < 4.78 is 14.2. The lowest BCUT2D eigenvalue weighted by Gasteiger charge is -2.37. The molecule has 0 spiro atoms. The largest absolute Gasteiger partial charge is 0.316 e. The molecule has 0 bridgehead atoms. The molecule has 118 valence electrons. The number of halogens is 2. The number of hydrogen-bond acceptors (Lipinski definition) is 2. The number of rotatable bonds is 5. The van der Waals surface area contributed by atoms with Crippen LogP contribution >= 0.6 is 15.9 Å². The van der Waals surface area contributed by atoms with Gasteiger partial charge in [0.15, 0.2) is 0 Å². The first-order valence-electron chi connectivity index (χ1n) is 7.90. The Labute approximate surface area is 136 Å². The van der Waals surface area contributed by atoms with Gasteiger partial charge >= 0.3 is 0 Å². The van der Waals surface area contributed by atoms with Gasteiger partial charge in [0.25, 0.3) is 0 Å². The van der Waals surface area contributed by atoms with Gasteiger partial charge in [-0.05, 0) is 70.3 Å². The Balaban J connectivity index is 2.12. The zero-order chi connectivity index (χ0) is 15.4. The third-order valence-electron chi connectivity index (χ3n) is 4.44. The molecule has 0 aliphatic carbocycles. The van der Waals surface area contributed by atoms with Crippen molar-refractivity contribution < 1.29 is 4.39 Å². The van der Waals surface area contributed by atoms with Crippen molar-refractivity contribution in [1.82, 2.24) is 10.2 Å². The van der Waals surface area contributed by atoms with Crippen molar-refractivity contribution in [1.29, 1.82) is 0 Å². The first-order valence-corrected chi connectivity index (χ1v) is 8.69.